The number of ether oxygens (including phenoxy) is 1. The fourth-order valence-electron chi connectivity index (χ4n) is 2.12. The van der Waals surface area contributed by atoms with Gasteiger partial charge in [-0.15, -0.1) is 0 Å². The number of hydrogen-bond acceptors (Lipinski definition) is 6. The van der Waals surface area contributed by atoms with E-state index in [-0.39, 0.29) is 6.10 Å². The summed E-state index contributed by atoms with van der Waals surface area (Å²) in [6, 6.07) is 3.29. The lowest BCUT2D eigenvalue weighted by molar-refractivity contribution is -0.0264. The van der Waals surface area contributed by atoms with Crippen LogP contribution in [-0.4, -0.2) is 41.8 Å². The molecule has 21 heavy (non-hydrogen) atoms. The third kappa shape index (κ3) is 2.98. The van der Waals surface area contributed by atoms with Crippen molar-refractivity contribution < 1.29 is 9.26 Å². The molecule has 0 amide bonds. The van der Waals surface area contributed by atoms with E-state index in [1.807, 2.05) is 7.05 Å². The fourth-order valence-corrected chi connectivity index (χ4v) is 2.61. The van der Waals surface area contributed by atoms with Crippen LogP contribution in [0.2, 0.25) is 10.0 Å². The van der Waals surface area contributed by atoms with Gasteiger partial charge >= 0.3 is 0 Å². The van der Waals surface area contributed by atoms with Gasteiger partial charge in [0.2, 0.25) is 5.82 Å². The second-order valence-electron chi connectivity index (χ2n) is 4.93. The Bertz CT molecular complexity index is 638. The van der Waals surface area contributed by atoms with Crippen molar-refractivity contribution in [2.24, 2.45) is 0 Å². The first-order chi connectivity index (χ1) is 10.0. The topological polar surface area (TPSA) is 77.4 Å². The lowest BCUT2D eigenvalue weighted by Crippen LogP contribution is -2.35. The van der Waals surface area contributed by atoms with Gasteiger partial charge in [0.15, 0.2) is 0 Å². The van der Waals surface area contributed by atoms with E-state index in [9.17, 15) is 0 Å². The van der Waals surface area contributed by atoms with Gasteiger partial charge in [0, 0.05) is 18.7 Å². The number of hydrogen-bond donors (Lipinski definition) is 1. The number of aromatic nitrogens is 2. The number of anilines is 1. The van der Waals surface area contributed by atoms with Crippen LogP contribution in [0.1, 0.15) is 11.9 Å². The van der Waals surface area contributed by atoms with Crippen LogP contribution in [0.5, 0.6) is 0 Å². The van der Waals surface area contributed by atoms with Gasteiger partial charge in [-0.05, 0) is 19.2 Å². The number of nitrogens with zero attached hydrogens (tertiary/aromatic N) is 3. The van der Waals surface area contributed by atoms with Gasteiger partial charge in [-0.25, -0.2) is 0 Å². The minimum Gasteiger partial charge on any atom is -0.396 e. The molecule has 112 valence electrons. The number of morpholine rings is 1. The molecular weight excluding hydrogens is 315 g/mol. The van der Waals surface area contributed by atoms with E-state index < -0.39 is 0 Å². The SMILES string of the molecule is CN1CCOC(c2noc(-c3cc(Cl)c(N)c(Cl)c3)n2)C1. The molecule has 8 heteroatoms. The van der Waals surface area contributed by atoms with Crippen molar-refractivity contribution in [3.63, 3.8) is 0 Å². The summed E-state index contributed by atoms with van der Waals surface area (Å²) in [5.41, 5.74) is 6.67. The molecule has 1 unspecified atom stereocenters. The first kappa shape index (κ1) is 14.6. The van der Waals surface area contributed by atoms with Gasteiger partial charge in [-0.3, -0.25) is 0 Å². The smallest absolute Gasteiger partial charge is 0.258 e. The molecule has 1 atom stereocenters. The Labute approximate surface area is 131 Å². The zero-order valence-corrected chi connectivity index (χ0v) is 12.9. The van der Waals surface area contributed by atoms with Gasteiger partial charge in [-0.2, -0.15) is 4.98 Å². The molecule has 1 fully saturated rings. The predicted molar refractivity (Wildman–Crippen MR) is 80.4 cm³/mol. The number of rotatable bonds is 2. The van der Waals surface area contributed by atoms with Crippen molar-refractivity contribution in [2.75, 3.05) is 32.5 Å². The Hall–Kier alpha value is -1.34. The van der Waals surface area contributed by atoms with E-state index in [2.05, 4.69) is 15.0 Å². The van der Waals surface area contributed by atoms with Crippen LogP contribution in [0.15, 0.2) is 16.7 Å². The molecule has 2 heterocycles. The molecule has 0 bridgehead atoms. The molecule has 0 spiro atoms. The number of nitrogens with two attached hydrogens (primary N) is 1. The molecule has 0 radical (unpaired) electrons. The van der Waals surface area contributed by atoms with Gasteiger partial charge in [0.1, 0.15) is 6.10 Å². The summed E-state index contributed by atoms with van der Waals surface area (Å²) >= 11 is 12.0. The molecule has 0 aliphatic carbocycles. The highest BCUT2D eigenvalue weighted by Gasteiger charge is 2.25. The molecule has 1 aliphatic heterocycles. The number of likely N-dealkylation sites (N-methyl/N-ethyl adjacent to an activating group) is 1. The summed E-state index contributed by atoms with van der Waals surface area (Å²) < 4.78 is 10.9. The molecule has 1 saturated heterocycles. The summed E-state index contributed by atoms with van der Waals surface area (Å²) in [5, 5.41) is 4.68. The number of benzene rings is 1. The average molecular weight is 329 g/mol. The van der Waals surface area contributed by atoms with E-state index in [4.69, 9.17) is 38.2 Å². The second kappa shape index (κ2) is 5.81. The zero-order valence-electron chi connectivity index (χ0n) is 11.3. The van der Waals surface area contributed by atoms with E-state index in [0.29, 0.717) is 39.6 Å². The Morgan fingerprint density at radius 1 is 1.33 bits per heavy atom. The Balaban J connectivity index is 1.88. The molecule has 1 aromatic heterocycles. The Morgan fingerprint density at radius 3 is 2.71 bits per heavy atom. The fraction of sp³-hybridized carbons (Fsp3) is 0.385. The van der Waals surface area contributed by atoms with Crippen molar-refractivity contribution in [1.29, 1.82) is 0 Å². The summed E-state index contributed by atoms with van der Waals surface area (Å²) in [6.45, 7) is 2.26. The summed E-state index contributed by atoms with van der Waals surface area (Å²) in [6.07, 6.45) is -0.194. The van der Waals surface area contributed by atoms with Crippen molar-refractivity contribution in [1.82, 2.24) is 15.0 Å². The van der Waals surface area contributed by atoms with Gasteiger partial charge in [0.25, 0.3) is 5.89 Å². The minimum atomic E-state index is -0.194. The standard InChI is InChI=1S/C13H14Cl2N4O2/c1-19-2-3-20-10(6-19)12-17-13(21-18-12)7-4-8(14)11(16)9(15)5-7/h4-5,10H,2-3,6,16H2,1H3. The zero-order chi connectivity index (χ0) is 15.0. The highest BCUT2D eigenvalue weighted by molar-refractivity contribution is 6.39. The van der Waals surface area contributed by atoms with Crippen molar-refractivity contribution in [2.45, 2.75) is 6.10 Å². The highest BCUT2D eigenvalue weighted by Crippen LogP contribution is 2.33. The molecule has 1 aromatic carbocycles. The maximum atomic E-state index is 6.01. The predicted octanol–water partition coefficient (Wildman–Crippen LogP) is 2.63. The van der Waals surface area contributed by atoms with Crippen molar-refractivity contribution >= 4 is 28.9 Å². The Morgan fingerprint density at radius 2 is 2.05 bits per heavy atom. The third-order valence-corrected chi connectivity index (χ3v) is 3.95. The average Bonchev–Trinajstić information content (AvgIpc) is 2.94. The van der Waals surface area contributed by atoms with E-state index in [1.54, 1.807) is 12.1 Å². The highest BCUT2D eigenvalue weighted by atomic mass is 35.5. The molecule has 6 nitrogen and oxygen atoms in total. The van der Waals surface area contributed by atoms with Crippen LogP contribution >= 0.6 is 23.2 Å². The maximum Gasteiger partial charge on any atom is 0.258 e. The molecule has 3 rings (SSSR count). The summed E-state index contributed by atoms with van der Waals surface area (Å²) in [4.78, 5) is 6.52. The van der Waals surface area contributed by atoms with E-state index in [0.717, 1.165) is 13.1 Å². The van der Waals surface area contributed by atoms with Crippen LogP contribution < -0.4 is 5.73 Å². The maximum absolute atomic E-state index is 6.01. The number of halogens is 2. The van der Waals surface area contributed by atoms with Crippen molar-refractivity contribution in [3.05, 3.63) is 28.0 Å². The minimum absolute atomic E-state index is 0.194. The van der Waals surface area contributed by atoms with Gasteiger partial charge in [0.05, 0.1) is 22.3 Å². The Kier molecular flexibility index (Phi) is 4.03. The van der Waals surface area contributed by atoms with Crippen LogP contribution in [0.3, 0.4) is 0 Å². The molecule has 2 aromatic rings. The first-order valence-corrected chi connectivity index (χ1v) is 7.19. The summed E-state index contributed by atoms with van der Waals surface area (Å²) in [5.74, 6) is 0.853. The van der Waals surface area contributed by atoms with Crippen LogP contribution in [0.4, 0.5) is 5.69 Å². The second-order valence-corrected chi connectivity index (χ2v) is 5.75. The van der Waals surface area contributed by atoms with Gasteiger partial charge in [-0.1, -0.05) is 28.4 Å². The van der Waals surface area contributed by atoms with Gasteiger partial charge < -0.3 is 19.9 Å². The molecular formula is C13H14Cl2N4O2. The summed E-state index contributed by atoms with van der Waals surface area (Å²) in [7, 11) is 2.02. The molecule has 1 aliphatic rings. The monoisotopic (exact) mass is 328 g/mol. The van der Waals surface area contributed by atoms with E-state index >= 15 is 0 Å². The third-order valence-electron chi connectivity index (χ3n) is 3.33. The van der Waals surface area contributed by atoms with E-state index in [1.165, 1.54) is 0 Å². The van der Waals surface area contributed by atoms with Crippen molar-refractivity contribution in [3.8, 4) is 11.5 Å². The normalized spacial score (nSPS) is 19.9. The lowest BCUT2D eigenvalue weighted by Gasteiger charge is -2.27. The molecule has 0 saturated carbocycles. The van der Waals surface area contributed by atoms with Crippen LogP contribution in [0.25, 0.3) is 11.5 Å². The first-order valence-electron chi connectivity index (χ1n) is 6.43. The lowest BCUT2D eigenvalue weighted by atomic mass is 10.2. The van der Waals surface area contributed by atoms with Crippen LogP contribution in [-0.2, 0) is 4.74 Å². The largest absolute Gasteiger partial charge is 0.396 e. The molecule has 2 N–H and O–H groups in total. The quantitative estimate of drug-likeness (QED) is 0.854. The van der Waals surface area contributed by atoms with Crippen LogP contribution in [0, 0.1) is 0 Å². The number of nitrogen functional groups attached to an aromatic ring is 1.